The lowest BCUT2D eigenvalue weighted by Gasteiger charge is -2.06. The number of nitrogens with zero attached hydrogens (tertiary/aromatic N) is 1. The van der Waals surface area contributed by atoms with Crippen LogP contribution in [0.25, 0.3) is 21.2 Å². The Labute approximate surface area is 98.4 Å². The first-order valence-electron chi connectivity index (χ1n) is 5.23. The average Bonchev–Trinajstić information content (AvgIpc) is 2.77. The van der Waals surface area contributed by atoms with Gasteiger partial charge in [-0.25, -0.2) is 0 Å². The Hall–Kier alpha value is -1.67. The number of fused-ring (bicyclic) bond motifs is 1. The normalized spacial score (nSPS) is 10.8. The quantitative estimate of drug-likeness (QED) is 0.602. The second-order valence-electron chi connectivity index (χ2n) is 3.84. The first kappa shape index (κ1) is 9.55. The van der Waals surface area contributed by atoms with Crippen LogP contribution in [-0.4, -0.2) is 4.98 Å². The van der Waals surface area contributed by atoms with Crippen molar-refractivity contribution in [1.82, 2.24) is 4.98 Å². The molecule has 0 radical (unpaired) electrons. The molecule has 0 aliphatic heterocycles. The van der Waals surface area contributed by atoms with Crippen LogP contribution in [0.3, 0.4) is 0 Å². The molecule has 16 heavy (non-hydrogen) atoms. The van der Waals surface area contributed by atoms with Crippen LogP contribution in [-0.2, 0) is 0 Å². The molecule has 0 amide bonds. The molecule has 1 aromatic carbocycles. The summed E-state index contributed by atoms with van der Waals surface area (Å²) in [5.41, 5.74) is 3.80. The molecule has 0 saturated carbocycles. The highest BCUT2D eigenvalue weighted by molar-refractivity contribution is 7.17. The van der Waals surface area contributed by atoms with Crippen molar-refractivity contribution >= 4 is 21.4 Å². The molecule has 0 aliphatic rings. The van der Waals surface area contributed by atoms with Gasteiger partial charge in [0.2, 0.25) is 0 Å². The first-order valence-corrected chi connectivity index (χ1v) is 6.11. The zero-order valence-corrected chi connectivity index (χ0v) is 9.79. The largest absolute Gasteiger partial charge is 0.264 e. The number of benzene rings is 1. The van der Waals surface area contributed by atoms with Gasteiger partial charge in [0.05, 0.1) is 0 Å². The molecule has 0 spiro atoms. The van der Waals surface area contributed by atoms with Gasteiger partial charge in [-0.1, -0.05) is 18.2 Å². The fourth-order valence-electron chi connectivity index (χ4n) is 1.95. The van der Waals surface area contributed by atoms with Crippen LogP contribution in [0.5, 0.6) is 0 Å². The van der Waals surface area contributed by atoms with Crippen LogP contribution < -0.4 is 0 Å². The highest BCUT2D eigenvalue weighted by Crippen LogP contribution is 2.33. The number of thiophene rings is 1. The number of aromatic nitrogens is 1. The SMILES string of the molecule is Cc1ccncc1-c1cccc2ccsc12. The van der Waals surface area contributed by atoms with E-state index in [4.69, 9.17) is 0 Å². The summed E-state index contributed by atoms with van der Waals surface area (Å²) in [5.74, 6) is 0. The second kappa shape index (κ2) is 3.72. The van der Waals surface area contributed by atoms with E-state index in [2.05, 4.69) is 47.6 Å². The van der Waals surface area contributed by atoms with Gasteiger partial charge in [-0.05, 0) is 35.4 Å². The molecule has 0 unspecified atom stereocenters. The van der Waals surface area contributed by atoms with Crippen molar-refractivity contribution < 1.29 is 0 Å². The molecule has 0 atom stereocenters. The van der Waals surface area contributed by atoms with Gasteiger partial charge < -0.3 is 0 Å². The Balaban J connectivity index is 2.34. The molecule has 3 aromatic rings. The van der Waals surface area contributed by atoms with Crippen molar-refractivity contribution in [2.24, 2.45) is 0 Å². The van der Waals surface area contributed by atoms with E-state index in [0.29, 0.717) is 0 Å². The maximum Gasteiger partial charge on any atom is 0.0421 e. The lowest BCUT2D eigenvalue weighted by molar-refractivity contribution is 1.29. The Morgan fingerprint density at radius 2 is 2.00 bits per heavy atom. The van der Waals surface area contributed by atoms with Gasteiger partial charge in [0.1, 0.15) is 0 Å². The van der Waals surface area contributed by atoms with Crippen LogP contribution >= 0.6 is 11.3 Å². The molecule has 0 bridgehead atoms. The third-order valence-corrected chi connectivity index (χ3v) is 3.77. The molecule has 3 rings (SSSR count). The van der Waals surface area contributed by atoms with Crippen molar-refractivity contribution in [2.45, 2.75) is 6.92 Å². The first-order chi connectivity index (χ1) is 7.86. The molecule has 0 fully saturated rings. The summed E-state index contributed by atoms with van der Waals surface area (Å²) in [4.78, 5) is 4.22. The summed E-state index contributed by atoms with van der Waals surface area (Å²) >= 11 is 1.79. The minimum atomic E-state index is 1.23. The zero-order chi connectivity index (χ0) is 11.0. The van der Waals surface area contributed by atoms with Crippen molar-refractivity contribution in [1.29, 1.82) is 0 Å². The molecule has 2 aromatic heterocycles. The molecule has 0 saturated heterocycles. The smallest absolute Gasteiger partial charge is 0.0421 e. The summed E-state index contributed by atoms with van der Waals surface area (Å²) in [6.07, 6.45) is 3.79. The van der Waals surface area contributed by atoms with E-state index < -0.39 is 0 Å². The lowest BCUT2D eigenvalue weighted by Crippen LogP contribution is -1.84. The summed E-state index contributed by atoms with van der Waals surface area (Å²) in [5, 5.41) is 3.45. The summed E-state index contributed by atoms with van der Waals surface area (Å²) in [6.45, 7) is 2.13. The molecule has 78 valence electrons. The summed E-state index contributed by atoms with van der Waals surface area (Å²) in [6, 6.07) is 10.7. The Kier molecular flexibility index (Phi) is 2.22. The van der Waals surface area contributed by atoms with E-state index >= 15 is 0 Å². The number of hydrogen-bond acceptors (Lipinski definition) is 2. The topological polar surface area (TPSA) is 12.9 Å². The van der Waals surface area contributed by atoms with Crippen molar-refractivity contribution in [3.8, 4) is 11.1 Å². The monoisotopic (exact) mass is 225 g/mol. The number of rotatable bonds is 1. The minimum Gasteiger partial charge on any atom is -0.264 e. The van der Waals surface area contributed by atoms with E-state index in [1.54, 1.807) is 11.3 Å². The molecule has 2 heteroatoms. The third-order valence-electron chi connectivity index (χ3n) is 2.81. The lowest BCUT2D eigenvalue weighted by atomic mass is 10.0. The van der Waals surface area contributed by atoms with Crippen LogP contribution in [0.4, 0.5) is 0 Å². The third kappa shape index (κ3) is 1.42. The van der Waals surface area contributed by atoms with Gasteiger partial charge in [0.15, 0.2) is 0 Å². The molecule has 0 aliphatic carbocycles. The number of aryl methyl sites for hydroxylation is 1. The number of hydrogen-bond donors (Lipinski definition) is 0. The fourth-order valence-corrected chi connectivity index (χ4v) is 2.88. The minimum absolute atomic E-state index is 1.23. The van der Waals surface area contributed by atoms with Crippen molar-refractivity contribution in [2.75, 3.05) is 0 Å². The average molecular weight is 225 g/mol. The molecular formula is C14H11NS. The van der Waals surface area contributed by atoms with E-state index in [9.17, 15) is 0 Å². The van der Waals surface area contributed by atoms with Gasteiger partial charge in [-0.3, -0.25) is 4.98 Å². The van der Waals surface area contributed by atoms with Crippen LogP contribution in [0.15, 0.2) is 48.1 Å². The molecule has 1 nitrogen and oxygen atoms in total. The van der Waals surface area contributed by atoms with Gasteiger partial charge in [-0.2, -0.15) is 0 Å². The Bertz CT molecular complexity index is 640. The fraction of sp³-hybridized carbons (Fsp3) is 0.0714. The highest BCUT2D eigenvalue weighted by atomic mass is 32.1. The van der Waals surface area contributed by atoms with E-state index in [-0.39, 0.29) is 0 Å². The molecule has 2 heterocycles. The Morgan fingerprint density at radius 1 is 1.06 bits per heavy atom. The molecule has 0 N–H and O–H groups in total. The number of pyridine rings is 1. The van der Waals surface area contributed by atoms with Crippen molar-refractivity contribution in [3.05, 3.63) is 53.7 Å². The van der Waals surface area contributed by atoms with Crippen molar-refractivity contribution in [3.63, 3.8) is 0 Å². The second-order valence-corrected chi connectivity index (χ2v) is 4.75. The van der Waals surface area contributed by atoms with Crippen LogP contribution in [0, 0.1) is 6.92 Å². The van der Waals surface area contributed by atoms with Crippen LogP contribution in [0.1, 0.15) is 5.56 Å². The van der Waals surface area contributed by atoms with Gasteiger partial charge >= 0.3 is 0 Å². The summed E-state index contributed by atoms with van der Waals surface area (Å²) < 4.78 is 1.35. The van der Waals surface area contributed by atoms with E-state index in [0.717, 1.165) is 0 Å². The Morgan fingerprint density at radius 3 is 2.88 bits per heavy atom. The molecular weight excluding hydrogens is 214 g/mol. The summed E-state index contributed by atoms with van der Waals surface area (Å²) in [7, 11) is 0. The van der Waals surface area contributed by atoms with Gasteiger partial charge in [-0.15, -0.1) is 11.3 Å². The zero-order valence-electron chi connectivity index (χ0n) is 8.97. The maximum atomic E-state index is 4.22. The van der Waals surface area contributed by atoms with E-state index in [1.807, 2.05) is 12.4 Å². The maximum absolute atomic E-state index is 4.22. The van der Waals surface area contributed by atoms with Crippen LogP contribution in [0.2, 0.25) is 0 Å². The standard InChI is InChI=1S/C14H11NS/c1-10-5-7-15-9-13(10)12-4-2-3-11-6-8-16-14(11)12/h2-9H,1H3. The van der Waals surface area contributed by atoms with E-state index in [1.165, 1.54) is 26.8 Å². The van der Waals surface area contributed by atoms with Gasteiger partial charge in [0.25, 0.3) is 0 Å². The predicted octanol–water partition coefficient (Wildman–Crippen LogP) is 4.27. The highest BCUT2D eigenvalue weighted by Gasteiger charge is 2.06. The predicted molar refractivity (Wildman–Crippen MR) is 69.8 cm³/mol. The van der Waals surface area contributed by atoms with Gasteiger partial charge in [0, 0.05) is 28.2 Å².